The Morgan fingerprint density at radius 3 is 2.17 bits per heavy atom. The highest BCUT2D eigenvalue weighted by atomic mass is 15.2. The predicted molar refractivity (Wildman–Crippen MR) is 72.4 cm³/mol. The van der Waals surface area contributed by atoms with Crippen molar-refractivity contribution in [1.29, 1.82) is 5.26 Å². The van der Waals surface area contributed by atoms with Crippen molar-refractivity contribution in [2.75, 3.05) is 5.32 Å². The van der Waals surface area contributed by atoms with Crippen LogP contribution in [0.25, 0.3) is 0 Å². The SMILES string of the molecule is N#CNC(=Nc1ccccc1)Nc1ccccc1. The quantitative estimate of drug-likeness (QED) is 0.365. The fourth-order valence-electron chi connectivity index (χ4n) is 1.43. The Hall–Kier alpha value is -2.80. The van der Waals surface area contributed by atoms with Crippen LogP contribution < -0.4 is 10.6 Å². The first-order valence-electron chi connectivity index (χ1n) is 5.49. The molecule has 18 heavy (non-hydrogen) atoms. The molecule has 0 atom stereocenters. The van der Waals surface area contributed by atoms with E-state index < -0.39 is 0 Å². The molecule has 0 unspecified atom stereocenters. The second kappa shape index (κ2) is 6.06. The fourth-order valence-corrected chi connectivity index (χ4v) is 1.43. The summed E-state index contributed by atoms with van der Waals surface area (Å²) < 4.78 is 0. The molecule has 0 saturated heterocycles. The molecule has 88 valence electrons. The number of benzene rings is 2. The molecule has 0 spiro atoms. The lowest BCUT2D eigenvalue weighted by molar-refractivity contribution is 1.23. The average Bonchev–Trinajstić information content (AvgIpc) is 2.41. The minimum absolute atomic E-state index is 0.398. The van der Waals surface area contributed by atoms with Crippen LogP contribution in [0.1, 0.15) is 0 Å². The Kier molecular flexibility index (Phi) is 3.93. The van der Waals surface area contributed by atoms with Gasteiger partial charge in [0.15, 0.2) is 6.19 Å². The summed E-state index contributed by atoms with van der Waals surface area (Å²) in [5, 5.41) is 14.3. The van der Waals surface area contributed by atoms with Crippen molar-refractivity contribution in [2.24, 2.45) is 4.99 Å². The van der Waals surface area contributed by atoms with Gasteiger partial charge in [0.2, 0.25) is 5.96 Å². The van der Waals surface area contributed by atoms with Gasteiger partial charge in [-0.15, -0.1) is 0 Å². The van der Waals surface area contributed by atoms with E-state index in [2.05, 4.69) is 15.6 Å². The number of rotatable bonds is 2. The maximum absolute atomic E-state index is 8.71. The van der Waals surface area contributed by atoms with E-state index >= 15 is 0 Å². The van der Waals surface area contributed by atoms with Gasteiger partial charge in [-0.3, -0.25) is 5.32 Å². The molecule has 0 aliphatic carbocycles. The molecule has 0 saturated carbocycles. The normalized spacial score (nSPS) is 10.5. The van der Waals surface area contributed by atoms with E-state index in [9.17, 15) is 0 Å². The van der Waals surface area contributed by atoms with Gasteiger partial charge in [-0.05, 0) is 24.3 Å². The van der Waals surface area contributed by atoms with Crippen LogP contribution in [0.15, 0.2) is 65.7 Å². The summed E-state index contributed by atoms with van der Waals surface area (Å²) in [5.74, 6) is 0.398. The number of para-hydroxylation sites is 2. The second-order valence-corrected chi connectivity index (χ2v) is 3.52. The lowest BCUT2D eigenvalue weighted by Crippen LogP contribution is -2.26. The predicted octanol–water partition coefficient (Wildman–Crippen LogP) is 2.86. The summed E-state index contributed by atoms with van der Waals surface area (Å²) in [7, 11) is 0. The maximum Gasteiger partial charge on any atom is 0.214 e. The molecule has 4 nitrogen and oxygen atoms in total. The lowest BCUT2D eigenvalue weighted by atomic mass is 10.3. The van der Waals surface area contributed by atoms with Gasteiger partial charge in [-0.25, -0.2) is 4.99 Å². The van der Waals surface area contributed by atoms with E-state index in [-0.39, 0.29) is 0 Å². The van der Waals surface area contributed by atoms with Crippen molar-refractivity contribution < 1.29 is 0 Å². The zero-order valence-electron chi connectivity index (χ0n) is 9.67. The number of aliphatic imine (C=N–C) groups is 1. The maximum atomic E-state index is 8.71. The molecule has 0 aliphatic heterocycles. The average molecular weight is 236 g/mol. The van der Waals surface area contributed by atoms with Crippen molar-refractivity contribution in [1.82, 2.24) is 5.32 Å². The topological polar surface area (TPSA) is 60.2 Å². The van der Waals surface area contributed by atoms with E-state index in [0.717, 1.165) is 11.4 Å². The van der Waals surface area contributed by atoms with Crippen molar-refractivity contribution in [2.45, 2.75) is 0 Å². The summed E-state index contributed by atoms with van der Waals surface area (Å²) >= 11 is 0. The zero-order valence-corrected chi connectivity index (χ0v) is 9.67. The first-order chi connectivity index (χ1) is 8.88. The number of guanidine groups is 1. The highest BCUT2D eigenvalue weighted by Gasteiger charge is 1.98. The van der Waals surface area contributed by atoms with Crippen LogP contribution in [0.3, 0.4) is 0 Å². The first kappa shape index (κ1) is 11.7. The molecule has 0 bridgehead atoms. The highest BCUT2D eigenvalue weighted by Crippen LogP contribution is 2.11. The van der Waals surface area contributed by atoms with Crippen LogP contribution >= 0.6 is 0 Å². The third kappa shape index (κ3) is 3.35. The van der Waals surface area contributed by atoms with Gasteiger partial charge in [0.25, 0.3) is 0 Å². The molecule has 0 aromatic heterocycles. The number of hydrogen-bond acceptors (Lipinski definition) is 2. The summed E-state index contributed by atoms with van der Waals surface area (Å²) in [6.45, 7) is 0. The molecular weight excluding hydrogens is 224 g/mol. The smallest absolute Gasteiger partial charge is 0.214 e. The fraction of sp³-hybridized carbons (Fsp3) is 0. The van der Waals surface area contributed by atoms with Gasteiger partial charge in [0.1, 0.15) is 0 Å². The molecular formula is C14H12N4. The van der Waals surface area contributed by atoms with Gasteiger partial charge in [0.05, 0.1) is 5.69 Å². The van der Waals surface area contributed by atoms with Gasteiger partial charge >= 0.3 is 0 Å². The van der Waals surface area contributed by atoms with E-state index in [1.165, 1.54) is 0 Å². The molecule has 4 heteroatoms. The number of nitrogens with zero attached hydrogens (tertiary/aromatic N) is 2. The molecule has 0 fully saturated rings. The Bertz CT molecular complexity index is 555. The second-order valence-electron chi connectivity index (χ2n) is 3.52. The Balaban J connectivity index is 2.19. The van der Waals surface area contributed by atoms with Crippen LogP contribution in [0.2, 0.25) is 0 Å². The van der Waals surface area contributed by atoms with Gasteiger partial charge in [-0.2, -0.15) is 5.26 Å². The van der Waals surface area contributed by atoms with Gasteiger partial charge < -0.3 is 5.32 Å². The van der Waals surface area contributed by atoms with Crippen LogP contribution in [-0.4, -0.2) is 5.96 Å². The van der Waals surface area contributed by atoms with E-state index in [1.54, 1.807) is 0 Å². The van der Waals surface area contributed by atoms with Crippen LogP contribution in [0, 0.1) is 11.5 Å². The van der Waals surface area contributed by atoms with Crippen LogP contribution in [-0.2, 0) is 0 Å². The van der Waals surface area contributed by atoms with Crippen molar-refractivity contribution in [3.05, 3.63) is 60.7 Å². The zero-order chi connectivity index (χ0) is 12.6. The van der Waals surface area contributed by atoms with Crippen molar-refractivity contribution >= 4 is 17.3 Å². The van der Waals surface area contributed by atoms with Gasteiger partial charge in [0, 0.05) is 5.69 Å². The Morgan fingerprint density at radius 2 is 1.56 bits per heavy atom. The summed E-state index contributed by atoms with van der Waals surface area (Å²) in [6, 6.07) is 19.0. The minimum atomic E-state index is 0.398. The third-order valence-corrected chi connectivity index (χ3v) is 2.21. The molecule has 2 aromatic rings. The Morgan fingerprint density at radius 1 is 0.944 bits per heavy atom. The number of anilines is 1. The van der Waals surface area contributed by atoms with Crippen molar-refractivity contribution in [3.63, 3.8) is 0 Å². The van der Waals surface area contributed by atoms with Crippen LogP contribution in [0.4, 0.5) is 11.4 Å². The van der Waals surface area contributed by atoms with Gasteiger partial charge in [-0.1, -0.05) is 36.4 Å². The van der Waals surface area contributed by atoms with E-state index in [0.29, 0.717) is 5.96 Å². The number of hydrogen-bond donors (Lipinski definition) is 2. The molecule has 2 rings (SSSR count). The summed E-state index contributed by atoms with van der Waals surface area (Å²) in [4.78, 5) is 4.32. The number of nitrogens with one attached hydrogen (secondary N) is 2. The van der Waals surface area contributed by atoms with E-state index in [4.69, 9.17) is 5.26 Å². The molecule has 0 heterocycles. The molecule has 0 aliphatic rings. The molecule has 0 amide bonds. The highest BCUT2D eigenvalue weighted by molar-refractivity contribution is 5.96. The molecule has 2 aromatic carbocycles. The molecule has 2 N–H and O–H groups in total. The summed E-state index contributed by atoms with van der Waals surface area (Å²) in [5.41, 5.74) is 1.65. The largest absolute Gasteiger partial charge is 0.325 e. The first-order valence-corrected chi connectivity index (χ1v) is 5.49. The lowest BCUT2D eigenvalue weighted by Gasteiger charge is -2.07. The third-order valence-electron chi connectivity index (χ3n) is 2.21. The minimum Gasteiger partial charge on any atom is -0.325 e. The number of nitriles is 1. The van der Waals surface area contributed by atoms with Crippen LogP contribution in [0.5, 0.6) is 0 Å². The Labute approximate surface area is 106 Å². The molecule has 0 radical (unpaired) electrons. The standard InChI is InChI=1S/C14H12N4/c15-11-16-14(17-12-7-3-1-4-8-12)18-13-9-5-2-6-10-13/h1-10H,(H2,16,17,18). The monoisotopic (exact) mass is 236 g/mol. The van der Waals surface area contributed by atoms with E-state index in [1.807, 2.05) is 66.9 Å². The summed E-state index contributed by atoms with van der Waals surface area (Å²) in [6.07, 6.45) is 1.87. The van der Waals surface area contributed by atoms with Crippen molar-refractivity contribution in [3.8, 4) is 6.19 Å².